The van der Waals surface area contributed by atoms with Crippen LogP contribution < -0.4 is 10.1 Å². The Morgan fingerprint density at radius 3 is 3.00 bits per heavy atom. The van der Waals surface area contributed by atoms with Crippen LogP contribution in [0.15, 0.2) is 18.3 Å². The van der Waals surface area contributed by atoms with E-state index >= 15 is 0 Å². The largest absolute Gasteiger partial charge is 0.495 e. The minimum absolute atomic E-state index is 0.803. The van der Waals surface area contributed by atoms with Crippen molar-refractivity contribution in [2.24, 2.45) is 11.8 Å². The molecular formula is C15H20N2O. The highest BCUT2D eigenvalue weighted by molar-refractivity contribution is 5.67. The molecule has 3 nitrogen and oxygen atoms in total. The standard InChI is InChI=1S/C15H20N2O/c1-10-15(18-2)6-14(9-17-10)11-3-4-12-7-16-8-13(12)5-11/h3,6,9,12-13,16H,4-5,7-8H2,1-2H3/t12-,13+/m0/s1. The maximum atomic E-state index is 5.36. The summed E-state index contributed by atoms with van der Waals surface area (Å²) in [7, 11) is 1.71. The molecule has 1 N–H and O–H groups in total. The monoisotopic (exact) mass is 244 g/mol. The molecule has 1 saturated heterocycles. The fraction of sp³-hybridized carbons (Fsp3) is 0.533. The molecule has 0 amide bonds. The first-order valence-corrected chi connectivity index (χ1v) is 6.68. The van der Waals surface area contributed by atoms with Gasteiger partial charge in [-0.15, -0.1) is 0 Å². The SMILES string of the molecule is COc1cc(C2=CC[C@H]3CNC[C@H]3C2)cnc1C. The van der Waals surface area contributed by atoms with Gasteiger partial charge in [0.15, 0.2) is 0 Å². The van der Waals surface area contributed by atoms with Crippen LogP contribution >= 0.6 is 0 Å². The van der Waals surface area contributed by atoms with E-state index in [1.54, 1.807) is 7.11 Å². The molecule has 1 aliphatic heterocycles. The average Bonchev–Trinajstić information content (AvgIpc) is 2.86. The molecule has 2 aliphatic rings. The van der Waals surface area contributed by atoms with Crippen LogP contribution in [0, 0.1) is 18.8 Å². The van der Waals surface area contributed by atoms with Gasteiger partial charge in [-0.25, -0.2) is 0 Å². The van der Waals surface area contributed by atoms with Crippen LogP contribution in [-0.4, -0.2) is 25.2 Å². The van der Waals surface area contributed by atoms with Crippen LogP contribution in [0.3, 0.4) is 0 Å². The summed E-state index contributed by atoms with van der Waals surface area (Å²) < 4.78 is 5.36. The number of fused-ring (bicyclic) bond motifs is 1. The number of hydrogen-bond donors (Lipinski definition) is 1. The lowest BCUT2D eigenvalue weighted by molar-refractivity contribution is 0.407. The number of ether oxygens (including phenoxy) is 1. The van der Waals surface area contributed by atoms with E-state index in [1.807, 2.05) is 13.1 Å². The third-order valence-electron chi connectivity index (χ3n) is 4.26. The Kier molecular flexibility index (Phi) is 3.08. The summed E-state index contributed by atoms with van der Waals surface area (Å²) in [6.07, 6.45) is 6.74. The third-order valence-corrected chi connectivity index (χ3v) is 4.26. The van der Waals surface area contributed by atoms with E-state index in [0.717, 1.165) is 23.3 Å². The van der Waals surface area contributed by atoms with Gasteiger partial charge in [0, 0.05) is 6.20 Å². The van der Waals surface area contributed by atoms with Crippen molar-refractivity contribution in [3.8, 4) is 5.75 Å². The molecule has 0 unspecified atom stereocenters. The van der Waals surface area contributed by atoms with Crippen LogP contribution in [0.2, 0.25) is 0 Å². The zero-order chi connectivity index (χ0) is 12.5. The predicted molar refractivity (Wildman–Crippen MR) is 72.6 cm³/mol. The predicted octanol–water partition coefficient (Wildman–Crippen LogP) is 2.41. The van der Waals surface area contributed by atoms with Gasteiger partial charge in [-0.3, -0.25) is 4.98 Å². The Labute approximate surface area is 108 Å². The van der Waals surface area contributed by atoms with E-state index < -0.39 is 0 Å². The first-order valence-electron chi connectivity index (χ1n) is 6.68. The molecule has 1 aromatic rings. The van der Waals surface area contributed by atoms with Gasteiger partial charge in [-0.05, 0) is 61.9 Å². The van der Waals surface area contributed by atoms with Crippen LogP contribution in [0.4, 0.5) is 0 Å². The normalized spacial score (nSPS) is 26.7. The molecule has 96 valence electrons. The number of aromatic nitrogens is 1. The summed E-state index contributed by atoms with van der Waals surface area (Å²) in [6.45, 7) is 4.33. The number of nitrogens with one attached hydrogen (secondary N) is 1. The van der Waals surface area contributed by atoms with Gasteiger partial charge in [-0.2, -0.15) is 0 Å². The third kappa shape index (κ3) is 2.03. The number of pyridine rings is 1. The van der Waals surface area contributed by atoms with Crippen molar-refractivity contribution in [3.63, 3.8) is 0 Å². The lowest BCUT2D eigenvalue weighted by Crippen LogP contribution is -2.16. The van der Waals surface area contributed by atoms with Crippen molar-refractivity contribution in [1.82, 2.24) is 10.3 Å². The maximum Gasteiger partial charge on any atom is 0.140 e. The van der Waals surface area contributed by atoms with Gasteiger partial charge in [0.25, 0.3) is 0 Å². The summed E-state index contributed by atoms with van der Waals surface area (Å²) in [5, 5.41) is 3.49. The van der Waals surface area contributed by atoms with Crippen LogP contribution in [0.25, 0.3) is 5.57 Å². The molecule has 0 aromatic carbocycles. The van der Waals surface area contributed by atoms with Gasteiger partial charge >= 0.3 is 0 Å². The van der Waals surface area contributed by atoms with Crippen molar-refractivity contribution in [2.45, 2.75) is 19.8 Å². The van der Waals surface area contributed by atoms with E-state index in [-0.39, 0.29) is 0 Å². The summed E-state index contributed by atoms with van der Waals surface area (Å²) >= 11 is 0. The van der Waals surface area contributed by atoms with Crippen molar-refractivity contribution < 1.29 is 4.74 Å². The molecule has 1 aromatic heterocycles. The highest BCUT2D eigenvalue weighted by atomic mass is 16.5. The van der Waals surface area contributed by atoms with Gasteiger partial charge in [0.05, 0.1) is 12.8 Å². The van der Waals surface area contributed by atoms with Crippen molar-refractivity contribution >= 4 is 5.57 Å². The van der Waals surface area contributed by atoms with Crippen LogP contribution in [0.5, 0.6) is 5.75 Å². The van der Waals surface area contributed by atoms with E-state index in [0.29, 0.717) is 0 Å². The molecule has 0 saturated carbocycles. The van der Waals surface area contributed by atoms with Gasteiger partial charge in [-0.1, -0.05) is 6.08 Å². The summed E-state index contributed by atoms with van der Waals surface area (Å²) in [5.41, 5.74) is 3.62. The Morgan fingerprint density at radius 2 is 2.17 bits per heavy atom. The van der Waals surface area contributed by atoms with E-state index in [9.17, 15) is 0 Å². The Hall–Kier alpha value is -1.35. The first-order chi connectivity index (χ1) is 8.78. The number of methoxy groups -OCH3 is 1. The summed E-state index contributed by atoms with van der Waals surface area (Å²) in [4.78, 5) is 4.43. The molecule has 0 radical (unpaired) electrons. The zero-order valence-electron chi connectivity index (χ0n) is 11.1. The van der Waals surface area contributed by atoms with Crippen molar-refractivity contribution in [3.05, 3.63) is 29.6 Å². The maximum absolute atomic E-state index is 5.36. The zero-order valence-corrected chi connectivity index (χ0v) is 11.1. The molecule has 1 fully saturated rings. The number of nitrogens with zero attached hydrogens (tertiary/aromatic N) is 1. The minimum atomic E-state index is 0.803. The molecular weight excluding hydrogens is 224 g/mol. The average molecular weight is 244 g/mol. The smallest absolute Gasteiger partial charge is 0.140 e. The topological polar surface area (TPSA) is 34.1 Å². The molecule has 0 spiro atoms. The molecule has 3 rings (SSSR count). The second-order valence-corrected chi connectivity index (χ2v) is 5.36. The molecule has 2 atom stereocenters. The second kappa shape index (κ2) is 4.73. The Morgan fingerprint density at radius 1 is 1.33 bits per heavy atom. The fourth-order valence-corrected chi connectivity index (χ4v) is 3.09. The minimum Gasteiger partial charge on any atom is -0.495 e. The van der Waals surface area contributed by atoms with Gasteiger partial charge in [0.2, 0.25) is 0 Å². The van der Waals surface area contributed by atoms with Crippen LogP contribution in [0.1, 0.15) is 24.1 Å². The molecule has 1 aliphatic carbocycles. The van der Waals surface area contributed by atoms with E-state index in [1.165, 1.54) is 37.1 Å². The Bertz CT molecular complexity index is 481. The number of hydrogen-bond acceptors (Lipinski definition) is 3. The number of rotatable bonds is 2. The highest BCUT2D eigenvalue weighted by Gasteiger charge is 2.30. The molecule has 0 bridgehead atoms. The van der Waals surface area contributed by atoms with Crippen LogP contribution in [-0.2, 0) is 0 Å². The lowest BCUT2D eigenvalue weighted by atomic mass is 9.80. The quantitative estimate of drug-likeness (QED) is 0.867. The van der Waals surface area contributed by atoms with Gasteiger partial charge < -0.3 is 10.1 Å². The summed E-state index contributed by atoms with van der Waals surface area (Å²) in [6, 6.07) is 2.12. The Balaban J connectivity index is 1.86. The van der Waals surface area contributed by atoms with Crippen molar-refractivity contribution in [1.29, 1.82) is 0 Å². The number of aryl methyl sites for hydroxylation is 1. The fourth-order valence-electron chi connectivity index (χ4n) is 3.09. The van der Waals surface area contributed by atoms with Gasteiger partial charge in [0.1, 0.15) is 5.75 Å². The number of allylic oxidation sites excluding steroid dienone is 2. The summed E-state index contributed by atoms with van der Waals surface area (Å²) in [5.74, 6) is 2.53. The van der Waals surface area contributed by atoms with E-state index in [4.69, 9.17) is 4.74 Å². The molecule has 18 heavy (non-hydrogen) atoms. The van der Waals surface area contributed by atoms with E-state index in [2.05, 4.69) is 22.4 Å². The highest BCUT2D eigenvalue weighted by Crippen LogP contribution is 2.37. The second-order valence-electron chi connectivity index (χ2n) is 5.36. The molecule has 3 heteroatoms. The first kappa shape index (κ1) is 11.7. The lowest BCUT2D eigenvalue weighted by Gasteiger charge is -2.24. The molecule has 2 heterocycles. The van der Waals surface area contributed by atoms with Crippen molar-refractivity contribution in [2.75, 3.05) is 20.2 Å².